The summed E-state index contributed by atoms with van der Waals surface area (Å²) in [5, 5.41) is 18.8. The second-order valence-electron chi connectivity index (χ2n) is 5.05. The van der Waals surface area contributed by atoms with Gasteiger partial charge in [-0.15, -0.1) is 0 Å². The predicted octanol–water partition coefficient (Wildman–Crippen LogP) is 1.34. The van der Waals surface area contributed by atoms with Gasteiger partial charge in [-0.2, -0.15) is 0 Å². The van der Waals surface area contributed by atoms with Crippen LogP contribution in [-0.4, -0.2) is 34.4 Å². The SMILES string of the molecule is CCc1cc(CO)cc(N2CCC(C)C2CO)n1. The average Bonchev–Trinajstić information content (AvgIpc) is 2.79. The summed E-state index contributed by atoms with van der Waals surface area (Å²) in [7, 11) is 0. The van der Waals surface area contributed by atoms with Gasteiger partial charge in [0.25, 0.3) is 0 Å². The molecule has 1 aliphatic heterocycles. The fraction of sp³-hybridized carbons (Fsp3) is 0.643. The van der Waals surface area contributed by atoms with Crippen molar-refractivity contribution in [2.75, 3.05) is 18.1 Å². The molecule has 2 unspecified atom stereocenters. The van der Waals surface area contributed by atoms with Crippen LogP contribution in [0.1, 0.15) is 31.5 Å². The van der Waals surface area contributed by atoms with E-state index in [4.69, 9.17) is 0 Å². The Morgan fingerprint density at radius 2 is 2.17 bits per heavy atom. The van der Waals surface area contributed by atoms with Crippen LogP contribution in [0, 0.1) is 5.92 Å². The third-order valence-electron chi connectivity index (χ3n) is 3.83. The molecule has 4 nitrogen and oxygen atoms in total. The number of pyridine rings is 1. The maximum absolute atomic E-state index is 9.50. The lowest BCUT2D eigenvalue weighted by atomic mass is 10.0. The van der Waals surface area contributed by atoms with Crippen molar-refractivity contribution in [1.82, 2.24) is 4.98 Å². The Kier molecular flexibility index (Phi) is 4.19. The van der Waals surface area contributed by atoms with E-state index < -0.39 is 0 Å². The van der Waals surface area contributed by atoms with Crippen LogP contribution in [0.3, 0.4) is 0 Å². The third kappa shape index (κ3) is 2.49. The van der Waals surface area contributed by atoms with Gasteiger partial charge in [-0.05, 0) is 36.5 Å². The summed E-state index contributed by atoms with van der Waals surface area (Å²) in [6.45, 7) is 5.35. The van der Waals surface area contributed by atoms with Gasteiger partial charge < -0.3 is 15.1 Å². The molecule has 2 atom stereocenters. The van der Waals surface area contributed by atoms with Crippen molar-refractivity contribution in [2.24, 2.45) is 5.92 Å². The first-order valence-electron chi connectivity index (χ1n) is 6.67. The molecule has 18 heavy (non-hydrogen) atoms. The minimum Gasteiger partial charge on any atom is -0.394 e. The number of hydrogen-bond acceptors (Lipinski definition) is 4. The molecular weight excluding hydrogens is 228 g/mol. The Morgan fingerprint density at radius 1 is 1.39 bits per heavy atom. The number of rotatable bonds is 4. The molecule has 0 amide bonds. The largest absolute Gasteiger partial charge is 0.394 e. The van der Waals surface area contributed by atoms with E-state index in [1.165, 1.54) is 0 Å². The van der Waals surface area contributed by atoms with Crippen molar-refractivity contribution in [3.63, 3.8) is 0 Å². The van der Waals surface area contributed by atoms with Gasteiger partial charge in [0.1, 0.15) is 5.82 Å². The zero-order chi connectivity index (χ0) is 13.1. The summed E-state index contributed by atoms with van der Waals surface area (Å²) in [6.07, 6.45) is 1.94. The maximum Gasteiger partial charge on any atom is 0.129 e. The van der Waals surface area contributed by atoms with E-state index in [1.54, 1.807) is 0 Å². The Labute approximate surface area is 108 Å². The highest BCUT2D eigenvalue weighted by Gasteiger charge is 2.31. The van der Waals surface area contributed by atoms with E-state index in [0.29, 0.717) is 5.92 Å². The molecular formula is C14H22N2O2. The highest BCUT2D eigenvalue weighted by molar-refractivity contribution is 5.45. The predicted molar refractivity (Wildman–Crippen MR) is 71.5 cm³/mol. The van der Waals surface area contributed by atoms with Crippen molar-refractivity contribution in [3.05, 3.63) is 23.4 Å². The molecule has 0 radical (unpaired) electrons. The fourth-order valence-corrected chi connectivity index (χ4v) is 2.62. The molecule has 2 heterocycles. The smallest absolute Gasteiger partial charge is 0.129 e. The normalized spacial score (nSPS) is 23.7. The Morgan fingerprint density at radius 3 is 2.78 bits per heavy atom. The van der Waals surface area contributed by atoms with Gasteiger partial charge in [0.2, 0.25) is 0 Å². The number of hydrogen-bond donors (Lipinski definition) is 2. The van der Waals surface area contributed by atoms with Gasteiger partial charge in [0, 0.05) is 12.2 Å². The van der Waals surface area contributed by atoms with Gasteiger partial charge in [-0.1, -0.05) is 13.8 Å². The minimum absolute atomic E-state index is 0.0374. The third-order valence-corrected chi connectivity index (χ3v) is 3.83. The number of aliphatic hydroxyl groups is 2. The number of aliphatic hydroxyl groups excluding tert-OH is 2. The van der Waals surface area contributed by atoms with Crippen molar-refractivity contribution in [1.29, 1.82) is 0 Å². The minimum atomic E-state index is 0.0374. The summed E-state index contributed by atoms with van der Waals surface area (Å²) in [4.78, 5) is 6.79. The van der Waals surface area contributed by atoms with Crippen molar-refractivity contribution < 1.29 is 10.2 Å². The van der Waals surface area contributed by atoms with E-state index in [9.17, 15) is 10.2 Å². The molecule has 100 valence electrons. The molecule has 0 saturated carbocycles. The lowest BCUT2D eigenvalue weighted by molar-refractivity contribution is 0.244. The lowest BCUT2D eigenvalue weighted by Gasteiger charge is -2.27. The summed E-state index contributed by atoms with van der Waals surface area (Å²) < 4.78 is 0. The summed E-state index contributed by atoms with van der Waals surface area (Å²) in [6, 6.07) is 4.02. The number of nitrogens with zero attached hydrogens (tertiary/aromatic N) is 2. The molecule has 0 aliphatic carbocycles. The number of aryl methyl sites for hydroxylation is 1. The van der Waals surface area contributed by atoms with Crippen LogP contribution < -0.4 is 4.90 Å². The standard InChI is InChI=1S/C14H22N2O2/c1-3-12-6-11(8-17)7-14(15-12)16-5-4-10(2)13(16)9-18/h6-7,10,13,17-18H,3-5,8-9H2,1-2H3. The average molecular weight is 250 g/mol. The van der Waals surface area contributed by atoms with Crippen molar-refractivity contribution >= 4 is 5.82 Å². The molecule has 2 N–H and O–H groups in total. The van der Waals surface area contributed by atoms with Gasteiger partial charge in [0.15, 0.2) is 0 Å². The van der Waals surface area contributed by atoms with Crippen LogP contribution in [0.15, 0.2) is 12.1 Å². The zero-order valence-electron chi connectivity index (χ0n) is 11.1. The summed E-state index contributed by atoms with van der Waals surface area (Å²) >= 11 is 0. The molecule has 0 aromatic carbocycles. The van der Waals surface area contributed by atoms with Crippen molar-refractivity contribution in [2.45, 2.75) is 39.3 Å². The van der Waals surface area contributed by atoms with Crippen LogP contribution in [-0.2, 0) is 13.0 Å². The first kappa shape index (κ1) is 13.3. The first-order chi connectivity index (χ1) is 8.69. The first-order valence-corrected chi connectivity index (χ1v) is 6.67. The van der Waals surface area contributed by atoms with E-state index in [-0.39, 0.29) is 19.3 Å². The van der Waals surface area contributed by atoms with Crippen LogP contribution >= 0.6 is 0 Å². The zero-order valence-corrected chi connectivity index (χ0v) is 11.1. The maximum atomic E-state index is 9.50. The van der Waals surface area contributed by atoms with Gasteiger partial charge >= 0.3 is 0 Å². The van der Waals surface area contributed by atoms with Gasteiger partial charge in [0.05, 0.1) is 19.3 Å². The van der Waals surface area contributed by atoms with Crippen LogP contribution in [0.4, 0.5) is 5.82 Å². The van der Waals surface area contributed by atoms with E-state index in [0.717, 1.165) is 36.5 Å². The lowest BCUT2D eigenvalue weighted by Crippen LogP contribution is -2.35. The molecule has 2 rings (SSSR count). The number of anilines is 1. The second-order valence-corrected chi connectivity index (χ2v) is 5.05. The van der Waals surface area contributed by atoms with Gasteiger partial charge in [-0.3, -0.25) is 0 Å². The monoisotopic (exact) mass is 250 g/mol. The van der Waals surface area contributed by atoms with E-state index >= 15 is 0 Å². The molecule has 1 fully saturated rings. The molecule has 1 aromatic rings. The second kappa shape index (κ2) is 5.67. The highest BCUT2D eigenvalue weighted by Crippen LogP contribution is 2.29. The van der Waals surface area contributed by atoms with Gasteiger partial charge in [-0.25, -0.2) is 4.98 Å². The molecule has 1 saturated heterocycles. The molecule has 1 aliphatic rings. The molecule has 1 aromatic heterocycles. The summed E-state index contributed by atoms with van der Waals surface area (Å²) in [5.41, 5.74) is 1.89. The quantitative estimate of drug-likeness (QED) is 0.847. The fourth-order valence-electron chi connectivity index (χ4n) is 2.62. The summed E-state index contributed by atoms with van der Waals surface area (Å²) in [5.74, 6) is 1.38. The van der Waals surface area contributed by atoms with Crippen LogP contribution in [0.2, 0.25) is 0 Å². The van der Waals surface area contributed by atoms with E-state index in [2.05, 4.69) is 23.7 Å². The van der Waals surface area contributed by atoms with E-state index in [1.807, 2.05) is 12.1 Å². The molecule has 4 heteroatoms. The Bertz CT molecular complexity index is 387. The number of aromatic nitrogens is 1. The van der Waals surface area contributed by atoms with Crippen LogP contribution in [0.5, 0.6) is 0 Å². The Balaban J connectivity index is 2.32. The Hall–Kier alpha value is -1.13. The topological polar surface area (TPSA) is 56.6 Å². The molecule has 0 spiro atoms. The van der Waals surface area contributed by atoms with Crippen LogP contribution in [0.25, 0.3) is 0 Å². The molecule has 0 bridgehead atoms. The van der Waals surface area contributed by atoms with Crippen molar-refractivity contribution in [3.8, 4) is 0 Å². The highest BCUT2D eigenvalue weighted by atomic mass is 16.3.